The van der Waals surface area contributed by atoms with Gasteiger partial charge in [0, 0.05) is 22.5 Å². The van der Waals surface area contributed by atoms with Crippen LogP contribution in [0, 0.1) is 5.92 Å². The van der Waals surface area contributed by atoms with Crippen molar-refractivity contribution in [2.24, 2.45) is 5.92 Å². The molecule has 0 radical (unpaired) electrons. The number of H-pyrrole nitrogens is 1. The van der Waals surface area contributed by atoms with Gasteiger partial charge in [0.05, 0.1) is 12.2 Å². The van der Waals surface area contributed by atoms with E-state index in [1.54, 1.807) is 48.5 Å². The monoisotopic (exact) mass is 425 g/mol. The molecule has 3 rings (SSSR count). The Balaban J connectivity index is 1.69. The highest BCUT2D eigenvalue weighted by Crippen LogP contribution is 2.17. The van der Waals surface area contributed by atoms with Crippen LogP contribution in [0.3, 0.4) is 0 Å². The van der Waals surface area contributed by atoms with Gasteiger partial charge >= 0.3 is 5.97 Å². The van der Waals surface area contributed by atoms with E-state index in [0.717, 1.165) is 0 Å². The summed E-state index contributed by atoms with van der Waals surface area (Å²) in [6, 6.07) is 13.0. The summed E-state index contributed by atoms with van der Waals surface area (Å²) in [5, 5.41) is 3.18. The van der Waals surface area contributed by atoms with Crippen molar-refractivity contribution in [3.05, 3.63) is 81.2 Å². The summed E-state index contributed by atoms with van der Waals surface area (Å²) in [4.78, 5) is 43.5. The van der Waals surface area contributed by atoms with Crippen LogP contribution in [0.1, 0.15) is 34.6 Å². The van der Waals surface area contributed by atoms with Gasteiger partial charge in [0.2, 0.25) is 0 Å². The van der Waals surface area contributed by atoms with Gasteiger partial charge in [-0.15, -0.1) is 0 Å². The first kappa shape index (κ1) is 21.3. The van der Waals surface area contributed by atoms with Crippen LogP contribution in [-0.2, 0) is 4.74 Å². The van der Waals surface area contributed by atoms with E-state index < -0.39 is 17.4 Å². The number of esters is 1. The molecule has 7 nitrogen and oxygen atoms in total. The van der Waals surface area contributed by atoms with Gasteiger partial charge in [-0.3, -0.25) is 9.59 Å². The Morgan fingerprint density at radius 2 is 1.77 bits per heavy atom. The van der Waals surface area contributed by atoms with E-state index in [0.29, 0.717) is 34.3 Å². The Labute approximate surface area is 178 Å². The lowest BCUT2D eigenvalue weighted by Gasteiger charge is -2.08. The summed E-state index contributed by atoms with van der Waals surface area (Å²) in [5.74, 6) is -0.468. The minimum absolute atomic E-state index is 0.131. The second-order valence-electron chi connectivity index (χ2n) is 7.01. The van der Waals surface area contributed by atoms with Gasteiger partial charge in [-0.05, 0) is 54.4 Å². The maximum absolute atomic E-state index is 12.4. The molecule has 0 aliphatic rings. The first-order chi connectivity index (χ1) is 14.3. The van der Waals surface area contributed by atoms with Crippen molar-refractivity contribution in [1.82, 2.24) is 9.97 Å². The molecule has 0 fully saturated rings. The molecule has 0 aliphatic carbocycles. The van der Waals surface area contributed by atoms with Gasteiger partial charge in [-0.2, -0.15) is 0 Å². The van der Waals surface area contributed by atoms with E-state index in [1.165, 1.54) is 6.20 Å². The lowest BCUT2D eigenvalue weighted by Crippen LogP contribution is -2.24. The molecule has 0 unspecified atom stereocenters. The van der Waals surface area contributed by atoms with Crippen LogP contribution in [0.25, 0.3) is 11.4 Å². The van der Waals surface area contributed by atoms with Crippen molar-refractivity contribution < 1.29 is 14.3 Å². The quantitative estimate of drug-likeness (QED) is 0.577. The van der Waals surface area contributed by atoms with Crippen LogP contribution in [0.2, 0.25) is 5.02 Å². The third-order valence-corrected chi connectivity index (χ3v) is 4.34. The fourth-order valence-corrected chi connectivity index (χ4v) is 2.65. The zero-order valence-electron chi connectivity index (χ0n) is 16.4. The molecule has 0 atom stereocenters. The van der Waals surface area contributed by atoms with Crippen molar-refractivity contribution in [1.29, 1.82) is 0 Å². The van der Waals surface area contributed by atoms with Crippen molar-refractivity contribution >= 4 is 29.2 Å². The van der Waals surface area contributed by atoms with E-state index in [-0.39, 0.29) is 11.5 Å². The fraction of sp³-hybridized carbons (Fsp3) is 0.182. The molecule has 0 saturated heterocycles. The number of aromatic nitrogens is 2. The van der Waals surface area contributed by atoms with Gasteiger partial charge in [0.15, 0.2) is 0 Å². The van der Waals surface area contributed by atoms with Crippen LogP contribution in [0.4, 0.5) is 5.69 Å². The van der Waals surface area contributed by atoms with Crippen molar-refractivity contribution in [2.45, 2.75) is 13.8 Å². The molecular formula is C22H20ClN3O4. The molecular weight excluding hydrogens is 406 g/mol. The Morgan fingerprint density at radius 3 is 2.37 bits per heavy atom. The molecule has 8 heteroatoms. The topological polar surface area (TPSA) is 101 Å². The van der Waals surface area contributed by atoms with Crippen LogP contribution >= 0.6 is 11.6 Å². The summed E-state index contributed by atoms with van der Waals surface area (Å²) < 4.78 is 5.16. The summed E-state index contributed by atoms with van der Waals surface area (Å²) in [6.07, 6.45) is 1.22. The number of ether oxygens (including phenoxy) is 1. The number of aromatic amines is 1. The molecule has 0 aliphatic heterocycles. The Bertz CT molecular complexity index is 1110. The Kier molecular flexibility index (Phi) is 6.64. The highest BCUT2D eigenvalue weighted by molar-refractivity contribution is 6.30. The molecule has 30 heavy (non-hydrogen) atoms. The largest absolute Gasteiger partial charge is 0.462 e. The molecule has 3 aromatic rings. The van der Waals surface area contributed by atoms with Crippen LogP contribution in [0.5, 0.6) is 0 Å². The maximum atomic E-state index is 12.4. The smallest absolute Gasteiger partial charge is 0.338 e. The number of halogens is 1. The molecule has 1 heterocycles. The molecule has 1 aromatic heterocycles. The number of nitrogens with zero attached hydrogens (tertiary/aromatic N) is 1. The number of rotatable bonds is 6. The number of carbonyl (C=O) groups is 2. The second kappa shape index (κ2) is 9.37. The number of hydrogen-bond acceptors (Lipinski definition) is 5. The molecule has 2 aromatic carbocycles. The van der Waals surface area contributed by atoms with Gasteiger partial charge < -0.3 is 15.0 Å². The molecule has 0 spiro atoms. The molecule has 1 amide bonds. The zero-order valence-corrected chi connectivity index (χ0v) is 17.2. The van der Waals surface area contributed by atoms with E-state index in [1.807, 2.05) is 13.8 Å². The average molecular weight is 426 g/mol. The third kappa shape index (κ3) is 5.33. The highest BCUT2D eigenvalue weighted by Gasteiger charge is 2.14. The van der Waals surface area contributed by atoms with E-state index in [2.05, 4.69) is 15.3 Å². The number of nitrogens with one attached hydrogen (secondary N) is 2. The predicted octanol–water partition coefficient (Wildman–Crippen LogP) is 4.16. The predicted molar refractivity (Wildman–Crippen MR) is 115 cm³/mol. The number of benzene rings is 2. The molecule has 0 saturated carbocycles. The van der Waals surface area contributed by atoms with Crippen LogP contribution in [0.15, 0.2) is 59.5 Å². The lowest BCUT2D eigenvalue weighted by molar-refractivity contribution is 0.0459. The minimum atomic E-state index is -0.610. The zero-order chi connectivity index (χ0) is 21.7. The van der Waals surface area contributed by atoms with Gasteiger partial charge in [-0.25, -0.2) is 9.78 Å². The average Bonchev–Trinajstić information content (AvgIpc) is 2.73. The van der Waals surface area contributed by atoms with Crippen molar-refractivity contribution in [3.8, 4) is 11.4 Å². The molecule has 0 bridgehead atoms. The second-order valence-corrected chi connectivity index (χ2v) is 7.44. The maximum Gasteiger partial charge on any atom is 0.338 e. The third-order valence-electron chi connectivity index (χ3n) is 4.09. The summed E-state index contributed by atoms with van der Waals surface area (Å²) in [6.45, 7) is 4.23. The SMILES string of the molecule is CC(C)COC(=O)c1ccc(NC(=O)c2cnc(-c3ccc(Cl)cc3)[nH]c2=O)cc1. The Morgan fingerprint density at radius 1 is 1.10 bits per heavy atom. The van der Waals surface area contributed by atoms with Crippen molar-refractivity contribution in [3.63, 3.8) is 0 Å². The summed E-state index contributed by atoms with van der Waals surface area (Å²) in [7, 11) is 0. The lowest BCUT2D eigenvalue weighted by atomic mass is 10.2. The summed E-state index contributed by atoms with van der Waals surface area (Å²) in [5.41, 5.74) is 0.778. The van der Waals surface area contributed by atoms with E-state index in [4.69, 9.17) is 16.3 Å². The molecule has 154 valence electrons. The van der Waals surface area contributed by atoms with Crippen LogP contribution in [-0.4, -0.2) is 28.5 Å². The number of amides is 1. The number of carbonyl (C=O) groups excluding carboxylic acids is 2. The van der Waals surface area contributed by atoms with Crippen LogP contribution < -0.4 is 10.9 Å². The Hall–Kier alpha value is -3.45. The highest BCUT2D eigenvalue weighted by atomic mass is 35.5. The van der Waals surface area contributed by atoms with Gasteiger partial charge in [0.1, 0.15) is 11.4 Å². The number of hydrogen-bond donors (Lipinski definition) is 2. The first-order valence-electron chi connectivity index (χ1n) is 9.27. The minimum Gasteiger partial charge on any atom is -0.462 e. The van der Waals surface area contributed by atoms with E-state index in [9.17, 15) is 14.4 Å². The number of anilines is 1. The van der Waals surface area contributed by atoms with E-state index >= 15 is 0 Å². The van der Waals surface area contributed by atoms with Gasteiger partial charge in [-0.1, -0.05) is 25.4 Å². The van der Waals surface area contributed by atoms with Crippen molar-refractivity contribution in [2.75, 3.05) is 11.9 Å². The van der Waals surface area contributed by atoms with Gasteiger partial charge in [0.25, 0.3) is 11.5 Å². The first-order valence-corrected chi connectivity index (χ1v) is 9.65. The standard InChI is InChI=1S/C22H20ClN3O4/c1-13(2)12-30-22(29)15-5-9-17(10-6-15)25-20(27)18-11-24-19(26-21(18)28)14-3-7-16(23)8-4-14/h3-11,13H,12H2,1-2H3,(H,25,27)(H,24,26,28). The summed E-state index contributed by atoms with van der Waals surface area (Å²) >= 11 is 5.86. The molecule has 2 N–H and O–H groups in total. The normalized spacial score (nSPS) is 10.7. The fourth-order valence-electron chi connectivity index (χ4n) is 2.52.